The Kier molecular flexibility index (Phi) is 2.79. The van der Waals surface area contributed by atoms with Gasteiger partial charge in [0.25, 0.3) is 0 Å². The normalized spacial score (nSPS) is 12.9. The number of carboxylic acid groups (broad SMARTS) is 1. The van der Waals surface area contributed by atoms with Gasteiger partial charge in [-0.25, -0.2) is 9.78 Å². The van der Waals surface area contributed by atoms with Gasteiger partial charge in [0.05, 0.1) is 12.1 Å². The molecule has 22 heavy (non-hydrogen) atoms. The van der Waals surface area contributed by atoms with E-state index < -0.39 is 5.97 Å². The number of ether oxygens (including phenoxy) is 1. The third kappa shape index (κ3) is 1.98. The Labute approximate surface area is 126 Å². The summed E-state index contributed by atoms with van der Waals surface area (Å²) in [6.45, 7) is 0.664. The third-order valence-corrected chi connectivity index (χ3v) is 3.80. The lowest BCUT2D eigenvalue weighted by Gasteiger charge is -2.05. The molecule has 5 heteroatoms. The minimum Gasteiger partial charge on any atom is -0.493 e. The average Bonchev–Trinajstić information content (AvgIpc) is 2.99. The monoisotopic (exact) mass is 293 g/mol. The number of aromatic nitrogens is 2. The van der Waals surface area contributed by atoms with Crippen molar-refractivity contribution in [1.82, 2.24) is 4.98 Å². The zero-order valence-corrected chi connectivity index (χ0v) is 11.7. The summed E-state index contributed by atoms with van der Waals surface area (Å²) in [6.07, 6.45) is 4.45. The first-order valence-electron chi connectivity index (χ1n) is 7.03. The molecule has 4 rings (SSSR count). The summed E-state index contributed by atoms with van der Waals surface area (Å²) in [5.41, 5.74) is 2.35. The molecule has 0 saturated heterocycles. The van der Waals surface area contributed by atoms with Gasteiger partial charge in [-0.15, -0.1) is 0 Å². The summed E-state index contributed by atoms with van der Waals surface area (Å²) in [7, 11) is 0. The van der Waals surface area contributed by atoms with Gasteiger partial charge in [0.2, 0.25) is 11.4 Å². The number of nitrogens with zero attached hydrogens (tertiary/aromatic N) is 2. The number of hydrogen-bond donors (Lipinski definition) is 1. The van der Waals surface area contributed by atoms with Crippen LogP contribution in [0.15, 0.2) is 48.8 Å². The number of hydrogen-bond acceptors (Lipinski definition) is 3. The lowest BCUT2D eigenvalue weighted by Crippen LogP contribution is -2.32. The van der Waals surface area contributed by atoms with Gasteiger partial charge in [-0.1, -0.05) is 6.07 Å². The van der Waals surface area contributed by atoms with Crippen molar-refractivity contribution in [3.63, 3.8) is 0 Å². The van der Waals surface area contributed by atoms with Crippen molar-refractivity contribution in [2.24, 2.45) is 0 Å². The smallest absolute Gasteiger partial charge is 0.361 e. The maximum Gasteiger partial charge on any atom is 0.361 e. The Hall–Kier alpha value is -2.95. The third-order valence-electron chi connectivity index (χ3n) is 3.80. The molecule has 3 heterocycles. The lowest BCUT2D eigenvalue weighted by atomic mass is 10.1. The molecule has 2 aromatic heterocycles. The summed E-state index contributed by atoms with van der Waals surface area (Å²) in [5, 5.41) is 10.4. The van der Waals surface area contributed by atoms with Crippen LogP contribution < -0.4 is 9.30 Å². The van der Waals surface area contributed by atoms with Gasteiger partial charge in [-0.3, -0.25) is 0 Å². The number of carboxylic acids is 1. The molecule has 3 aromatic rings. The van der Waals surface area contributed by atoms with E-state index in [4.69, 9.17) is 4.74 Å². The Morgan fingerprint density at radius 3 is 2.77 bits per heavy atom. The van der Waals surface area contributed by atoms with Gasteiger partial charge in [0.15, 0.2) is 12.4 Å². The highest BCUT2D eigenvalue weighted by atomic mass is 16.5. The molecule has 0 aliphatic carbocycles. The highest BCUT2D eigenvalue weighted by molar-refractivity contribution is 5.94. The van der Waals surface area contributed by atoms with Gasteiger partial charge in [0.1, 0.15) is 5.75 Å². The van der Waals surface area contributed by atoms with Gasteiger partial charge in [-0.05, 0) is 17.7 Å². The van der Waals surface area contributed by atoms with Crippen LogP contribution in [-0.4, -0.2) is 22.7 Å². The van der Waals surface area contributed by atoms with Gasteiger partial charge in [-0.2, -0.15) is 4.57 Å². The van der Waals surface area contributed by atoms with E-state index in [9.17, 15) is 9.90 Å². The van der Waals surface area contributed by atoms with Crippen LogP contribution in [0.2, 0.25) is 0 Å². The molecule has 0 spiro atoms. The zero-order chi connectivity index (χ0) is 15.1. The fraction of sp³-hybridized carbons (Fsp3) is 0.118. The van der Waals surface area contributed by atoms with Crippen LogP contribution in [-0.2, 0) is 6.42 Å². The van der Waals surface area contributed by atoms with Crippen molar-refractivity contribution in [3.8, 4) is 11.4 Å². The van der Waals surface area contributed by atoms with Crippen LogP contribution in [0.5, 0.6) is 5.75 Å². The SMILES string of the molecule is O=C(O)c1nc2cc3c(cc2cc1-[n+]1ccccc1)OCC3. The van der Waals surface area contributed by atoms with Crippen molar-refractivity contribution in [1.29, 1.82) is 0 Å². The van der Waals surface area contributed by atoms with Crippen molar-refractivity contribution in [2.45, 2.75) is 6.42 Å². The van der Waals surface area contributed by atoms with Crippen LogP contribution in [0, 0.1) is 0 Å². The fourth-order valence-electron chi connectivity index (χ4n) is 2.75. The molecule has 0 saturated carbocycles. The second kappa shape index (κ2) is 4.80. The van der Waals surface area contributed by atoms with E-state index in [1.807, 2.05) is 36.4 Å². The van der Waals surface area contributed by atoms with E-state index in [-0.39, 0.29) is 5.69 Å². The predicted octanol–water partition coefficient (Wildman–Crippen LogP) is 2.14. The minimum absolute atomic E-state index is 0.0440. The van der Waals surface area contributed by atoms with Crippen LogP contribution in [0.1, 0.15) is 16.1 Å². The number of rotatable bonds is 2. The highest BCUT2D eigenvalue weighted by Gasteiger charge is 2.23. The molecular formula is C17H13N2O3+. The van der Waals surface area contributed by atoms with E-state index in [0.29, 0.717) is 17.8 Å². The first-order valence-corrected chi connectivity index (χ1v) is 7.03. The van der Waals surface area contributed by atoms with Gasteiger partial charge >= 0.3 is 5.97 Å². The number of carbonyl (C=O) groups is 1. The molecule has 0 bridgehead atoms. The number of pyridine rings is 2. The molecule has 1 aliphatic rings. The van der Waals surface area contributed by atoms with Crippen molar-refractivity contribution in [2.75, 3.05) is 6.61 Å². The van der Waals surface area contributed by atoms with Crippen LogP contribution in [0.3, 0.4) is 0 Å². The quantitative estimate of drug-likeness (QED) is 0.735. The average molecular weight is 293 g/mol. The first kappa shape index (κ1) is 12.8. The molecule has 108 valence electrons. The maximum atomic E-state index is 11.6. The largest absolute Gasteiger partial charge is 0.493 e. The zero-order valence-electron chi connectivity index (χ0n) is 11.7. The molecule has 0 radical (unpaired) electrons. The molecular weight excluding hydrogens is 280 g/mol. The molecule has 5 nitrogen and oxygen atoms in total. The first-order chi connectivity index (χ1) is 10.7. The summed E-state index contributed by atoms with van der Waals surface area (Å²) in [6, 6.07) is 11.3. The van der Waals surface area contributed by atoms with Crippen LogP contribution in [0.25, 0.3) is 16.6 Å². The van der Waals surface area contributed by atoms with E-state index in [1.54, 1.807) is 17.0 Å². The van der Waals surface area contributed by atoms with E-state index in [2.05, 4.69) is 4.98 Å². The predicted molar refractivity (Wildman–Crippen MR) is 79.4 cm³/mol. The summed E-state index contributed by atoms with van der Waals surface area (Å²) < 4.78 is 7.33. The molecule has 0 amide bonds. The molecule has 0 unspecified atom stereocenters. The second-order valence-electron chi connectivity index (χ2n) is 5.20. The van der Waals surface area contributed by atoms with E-state index in [1.165, 1.54) is 0 Å². The van der Waals surface area contributed by atoms with E-state index >= 15 is 0 Å². The number of fused-ring (bicyclic) bond motifs is 2. The van der Waals surface area contributed by atoms with Gasteiger partial charge in [0, 0.05) is 30.0 Å². The Balaban J connectivity index is 2.01. The van der Waals surface area contributed by atoms with Crippen molar-refractivity contribution in [3.05, 3.63) is 60.0 Å². The molecule has 1 N–H and O–H groups in total. The molecule has 0 fully saturated rings. The lowest BCUT2D eigenvalue weighted by molar-refractivity contribution is -0.596. The summed E-state index contributed by atoms with van der Waals surface area (Å²) >= 11 is 0. The van der Waals surface area contributed by atoms with Crippen LogP contribution >= 0.6 is 0 Å². The Morgan fingerprint density at radius 2 is 2.00 bits per heavy atom. The Morgan fingerprint density at radius 1 is 1.18 bits per heavy atom. The molecule has 0 atom stereocenters. The Bertz CT molecular complexity index is 891. The topological polar surface area (TPSA) is 63.3 Å². The van der Waals surface area contributed by atoms with Crippen molar-refractivity contribution >= 4 is 16.9 Å². The molecule has 1 aromatic carbocycles. The van der Waals surface area contributed by atoms with Gasteiger partial charge < -0.3 is 9.84 Å². The summed E-state index contributed by atoms with van der Waals surface area (Å²) in [5.74, 6) is -0.175. The van der Waals surface area contributed by atoms with Crippen LogP contribution in [0.4, 0.5) is 0 Å². The highest BCUT2D eigenvalue weighted by Crippen LogP contribution is 2.30. The van der Waals surface area contributed by atoms with Crippen molar-refractivity contribution < 1.29 is 19.2 Å². The molecule has 1 aliphatic heterocycles. The minimum atomic E-state index is -1.04. The number of benzene rings is 1. The summed E-state index contributed by atoms with van der Waals surface area (Å²) in [4.78, 5) is 15.9. The number of aromatic carboxylic acids is 1. The second-order valence-corrected chi connectivity index (χ2v) is 5.20. The van der Waals surface area contributed by atoms with E-state index in [0.717, 1.165) is 23.1 Å². The maximum absolute atomic E-state index is 11.6. The standard InChI is InChI=1S/C17H12N2O3/c20-17(21)16-14(19-5-2-1-3-6-19)9-12-10-15-11(4-7-22-15)8-13(12)18-16/h1-3,5-6,8-10H,4,7H2/p+1. The fourth-order valence-corrected chi connectivity index (χ4v) is 2.75.